The molecule has 0 amide bonds. The van der Waals surface area contributed by atoms with Crippen LogP contribution in [0.1, 0.15) is 304 Å². The van der Waals surface area contributed by atoms with Crippen LogP contribution >= 0.6 is 0 Å². The largest absolute Gasteiger partial charge is 0.462 e. The third-order valence-electron chi connectivity index (χ3n) is 13.4. The van der Waals surface area contributed by atoms with E-state index in [9.17, 15) is 9.59 Å². The summed E-state index contributed by atoms with van der Waals surface area (Å²) in [5.41, 5.74) is 0. The second kappa shape index (κ2) is 44.5. The van der Waals surface area contributed by atoms with Crippen LogP contribution in [0, 0.1) is 5.92 Å². The minimum atomic E-state index is 0.0504. The van der Waals surface area contributed by atoms with E-state index in [1.165, 1.54) is 232 Å². The van der Waals surface area contributed by atoms with Gasteiger partial charge in [-0.05, 0) is 109 Å². The summed E-state index contributed by atoms with van der Waals surface area (Å²) in [7, 11) is 0. The molecular formula is C55H107NO4. The Bertz CT molecular complexity index is 809. The summed E-state index contributed by atoms with van der Waals surface area (Å²) in [6.07, 6.45) is 52.8. The molecule has 1 saturated carbocycles. The number of rotatable bonds is 49. The minimum absolute atomic E-state index is 0.0504. The molecule has 0 N–H and O–H groups in total. The quantitative estimate of drug-likeness (QED) is 0.0451. The van der Waals surface area contributed by atoms with Crippen molar-refractivity contribution in [2.45, 2.75) is 316 Å². The van der Waals surface area contributed by atoms with Crippen molar-refractivity contribution in [3.05, 3.63) is 0 Å². The Morgan fingerprint density at radius 2 is 0.667 bits per heavy atom. The van der Waals surface area contributed by atoms with Crippen LogP contribution in [0.5, 0.6) is 0 Å². The Hall–Kier alpha value is -1.10. The predicted molar refractivity (Wildman–Crippen MR) is 261 cm³/mol. The maximum atomic E-state index is 12.8. The third-order valence-corrected chi connectivity index (χ3v) is 13.4. The van der Waals surface area contributed by atoms with Crippen LogP contribution in [-0.2, 0) is 19.1 Å². The van der Waals surface area contributed by atoms with Gasteiger partial charge in [0.25, 0.3) is 0 Å². The first kappa shape index (κ1) is 56.9. The van der Waals surface area contributed by atoms with Crippen molar-refractivity contribution in [1.29, 1.82) is 0 Å². The molecule has 0 aromatic carbocycles. The zero-order valence-corrected chi connectivity index (χ0v) is 41.3. The normalized spacial score (nSPS) is 13.0. The first-order valence-corrected chi connectivity index (χ1v) is 27.6. The molecule has 0 saturated heterocycles. The molecule has 0 aliphatic heterocycles. The van der Waals surface area contributed by atoms with Gasteiger partial charge in [-0.25, -0.2) is 0 Å². The average molecular weight is 846 g/mol. The number of esters is 2. The Kier molecular flexibility index (Phi) is 42.2. The average Bonchev–Trinajstić information content (AvgIpc) is 4.08. The second-order valence-corrected chi connectivity index (χ2v) is 19.6. The number of unbranched alkanes of at least 4 members (excludes halogenated alkanes) is 28. The van der Waals surface area contributed by atoms with Crippen LogP contribution in [0.25, 0.3) is 0 Å². The van der Waals surface area contributed by atoms with E-state index >= 15 is 0 Å². The number of nitrogens with zero attached hydrogens (tertiary/aromatic N) is 1. The van der Waals surface area contributed by atoms with Crippen molar-refractivity contribution < 1.29 is 19.1 Å². The molecule has 0 unspecified atom stereocenters. The number of ether oxygens (including phenoxy) is 2. The van der Waals surface area contributed by atoms with E-state index in [0.29, 0.717) is 12.8 Å². The fourth-order valence-electron chi connectivity index (χ4n) is 9.00. The molecular weight excluding hydrogens is 739 g/mol. The molecule has 1 aliphatic rings. The van der Waals surface area contributed by atoms with Crippen molar-refractivity contribution in [1.82, 2.24) is 4.90 Å². The van der Waals surface area contributed by atoms with Gasteiger partial charge < -0.3 is 14.4 Å². The summed E-state index contributed by atoms with van der Waals surface area (Å²) in [5, 5.41) is 0. The lowest BCUT2D eigenvalue weighted by molar-refractivity contribution is -0.151. The van der Waals surface area contributed by atoms with Crippen LogP contribution in [0.3, 0.4) is 0 Å². The van der Waals surface area contributed by atoms with Gasteiger partial charge in [0, 0.05) is 12.8 Å². The third kappa shape index (κ3) is 39.7. The van der Waals surface area contributed by atoms with Gasteiger partial charge in [-0.2, -0.15) is 0 Å². The number of hydrogen-bond acceptors (Lipinski definition) is 5. The van der Waals surface area contributed by atoms with Crippen LogP contribution in [0.4, 0.5) is 0 Å². The monoisotopic (exact) mass is 846 g/mol. The summed E-state index contributed by atoms with van der Waals surface area (Å²) in [5.74, 6) is 1.09. The fraction of sp³-hybridized carbons (Fsp3) is 0.964. The smallest absolute Gasteiger partial charge is 0.306 e. The zero-order valence-electron chi connectivity index (χ0n) is 41.3. The molecule has 0 bridgehead atoms. The van der Waals surface area contributed by atoms with Crippen molar-refractivity contribution in [3.8, 4) is 0 Å². The van der Waals surface area contributed by atoms with E-state index in [-0.39, 0.29) is 24.1 Å². The Balaban J connectivity index is 2.26. The molecule has 0 heterocycles. The van der Waals surface area contributed by atoms with Crippen LogP contribution in [0.2, 0.25) is 0 Å². The van der Waals surface area contributed by atoms with Gasteiger partial charge in [0.05, 0.1) is 0 Å². The van der Waals surface area contributed by atoms with Crippen molar-refractivity contribution in [2.75, 3.05) is 19.6 Å². The van der Waals surface area contributed by atoms with E-state index < -0.39 is 0 Å². The van der Waals surface area contributed by atoms with E-state index in [1.807, 2.05) is 0 Å². The number of carbonyl (C=O) groups is 2. The molecule has 0 spiro atoms. The highest BCUT2D eigenvalue weighted by molar-refractivity contribution is 5.69. The Labute approximate surface area is 376 Å². The Morgan fingerprint density at radius 3 is 0.983 bits per heavy atom. The topological polar surface area (TPSA) is 55.8 Å². The standard InChI is InChI=1S/C55H107NO4/c1-5-9-13-17-23-31-39-52(40-32-24-18-14-10-6-2)59-54(57)43-35-27-21-29-37-48-56(50-47-51-45-46-51)49-38-30-22-28-36-44-55(58)60-53(41-33-25-19-15-11-7-3)42-34-26-20-16-12-8-4/h51-53H,5-50H2,1-4H3. The predicted octanol–water partition coefficient (Wildman–Crippen LogP) is 17.6. The zero-order chi connectivity index (χ0) is 43.4. The number of hydrogen-bond donors (Lipinski definition) is 0. The van der Waals surface area contributed by atoms with E-state index in [1.54, 1.807) is 0 Å². The summed E-state index contributed by atoms with van der Waals surface area (Å²) in [6, 6.07) is 0. The maximum Gasteiger partial charge on any atom is 0.306 e. The SMILES string of the molecule is CCCCCCCCC(CCCCCCCC)OC(=O)CCCCCCCN(CCCCCCCC(=O)OC(CCCCCCCC)CCCCCCCC)CCC1CC1. The molecule has 0 atom stereocenters. The number of carbonyl (C=O) groups excluding carboxylic acids is 2. The van der Waals surface area contributed by atoms with Gasteiger partial charge >= 0.3 is 11.9 Å². The molecule has 0 aromatic heterocycles. The maximum absolute atomic E-state index is 12.8. The van der Waals surface area contributed by atoms with Gasteiger partial charge in [0.2, 0.25) is 0 Å². The molecule has 5 heteroatoms. The summed E-state index contributed by atoms with van der Waals surface area (Å²) >= 11 is 0. The second-order valence-electron chi connectivity index (χ2n) is 19.6. The molecule has 0 radical (unpaired) electrons. The van der Waals surface area contributed by atoms with E-state index in [0.717, 1.165) is 57.3 Å². The fourth-order valence-corrected chi connectivity index (χ4v) is 9.00. The minimum Gasteiger partial charge on any atom is -0.462 e. The van der Waals surface area contributed by atoms with Gasteiger partial charge in [0.1, 0.15) is 12.2 Å². The van der Waals surface area contributed by atoms with Gasteiger partial charge in [-0.15, -0.1) is 0 Å². The molecule has 1 rings (SSSR count). The van der Waals surface area contributed by atoms with Crippen molar-refractivity contribution in [2.24, 2.45) is 5.92 Å². The molecule has 1 aliphatic carbocycles. The van der Waals surface area contributed by atoms with E-state index in [2.05, 4.69) is 32.6 Å². The van der Waals surface area contributed by atoms with Crippen molar-refractivity contribution in [3.63, 3.8) is 0 Å². The molecule has 60 heavy (non-hydrogen) atoms. The highest BCUT2D eigenvalue weighted by Gasteiger charge is 2.22. The lowest BCUT2D eigenvalue weighted by atomic mass is 10.0. The van der Waals surface area contributed by atoms with Gasteiger partial charge in [-0.3, -0.25) is 9.59 Å². The summed E-state index contributed by atoms with van der Waals surface area (Å²) in [6.45, 7) is 12.8. The molecule has 356 valence electrons. The van der Waals surface area contributed by atoms with Crippen LogP contribution in [0.15, 0.2) is 0 Å². The van der Waals surface area contributed by atoms with Crippen molar-refractivity contribution >= 4 is 11.9 Å². The van der Waals surface area contributed by atoms with Crippen LogP contribution < -0.4 is 0 Å². The highest BCUT2D eigenvalue weighted by atomic mass is 16.5. The molecule has 1 fully saturated rings. The lowest BCUT2D eigenvalue weighted by Crippen LogP contribution is -2.27. The summed E-state index contributed by atoms with van der Waals surface area (Å²) < 4.78 is 12.2. The first-order valence-electron chi connectivity index (χ1n) is 27.6. The lowest BCUT2D eigenvalue weighted by Gasteiger charge is -2.22. The van der Waals surface area contributed by atoms with Gasteiger partial charge in [-0.1, -0.05) is 207 Å². The van der Waals surface area contributed by atoms with Gasteiger partial charge in [0.15, 0.2) is 0 Å². The first-order chi connectivity index (χ1) is 29.5. The Morgan fingerprint density at radius 1 is 0.383 bits per heavy atom. The molecule has 0 aromatic rings. The molecule has 5 nitrogen and oxygen atoms in total. The van der Waals surface area contributed by atoms with E-state index in [4.69, 9.17) is 9.47 Å². The highest BCUT2D eigenvalue weighted by Crippen LogP contribution is 2.32. The summed E-state index contributed by atoms with van der Waals surface area (Å²) in [4.78, 5) is 28.4. The van der Waals surface area contributed by atoms with Crippen LogP contribution in [-0.4, -0.2) is 48.7 Å².